The van der Waals surface area contributed by atoms with Gasteiger partial charge in [-0.2, -0.15) is 0 Å². The van der Waals surface area contributed by atoms with Gasteiger partial charge in [0.1, 0.15) is 17.2 Å². The molecule has 0 radical (unpaired) electrons. The van der Waals surface area contributed by atoms with Gasteiger partial charge >= 0.3 is 8.60 Å². The zero-order valence-corrected chi connectivity index (χ0v) is 23.8. The number of hydrogen-bond acceptors (Lipinski definition) is 3. The van der Waals surface area contributed by atoms with Crippen LogP contribution in [-0.2, 0) is 0 Å². The van der Waals surface area contributed by atoms with Crippen molar-refractivity contribution in [1.29, 1.82) is 0 Å². The molecule has 0 spiro atoms. The van der Waals surface area contributed by atoms with Gasteiger partial charge in [-0.15, -0.1) is 0 Å². The van der Waals surface area contributed by atoms with Crippen molar-refractivity contribution >= 4 is 26.8 Å². The third-order valence-corrected chi connectivity index (χ3v) is 7.23. The van der Waals surface area contributed by atoms with Gasteiger partial charge in [0.2, 0.25) is 0 Å². The second-order valence-corrected chi connectivity index (χ2v) is 11.0. The predicted octanol–water partition coefficient (Wildman–Crippen LogP) is 10.7. The van der Waals surface area contributed by atoms with E-state index in [4.69, 9.17) is 13.6 Å². The van der Waals surface area contributed by atoms with E-state index < -0.39 is 8.60 Å². The first-order chi connectivity index (χ1) is 17.7. The molecular weight excluding hydrogens is 475 g/mol. The van der Waals surface area contributed by atoms with Gasteiger partial charge in [-0.3, -0.25) is 0 Å². The highest BCUT2D eigenvalue weighted by Gasteiger charge is 2.26. The highest BCUT2D eigenvalue weighted by molar-refractivity contribution is 7.43. The molecule has 3 nitrogen and oxygen atoms in total. The van der Waals surface area contributed by atoms with Crippen LogP contribution in [0.1, 0.15) is 92.7 Å². The Hall–Kier alpha value is -3.29. The van der Waals surface area contributed by atoms with Crippen molar-refractivity contribution in [2.75, 3.05) is 0 Å². The normalized spacial score (nSPS) is 11.2. The standard InChI is InChI=1S/C33H39O3P/c1-10-25-13-16-31(28(19-25)22(4)5)34-37(35-32-17-14-26(11-2)20-29(32)23(6)7)36-33-18-15-27(12-3)21-30(33)24(8)9/h10-24H,1-3H2,4-9H3. The first kappa shape index (κ1) is 28.3. The van der Waals surface area contributed by atoms with Crippen molar-refractivity contribution in [1.82, 2.24) is 0 Å². The fourth-order valence-electron chi connectivity index (χ4n) is 3.98. The van der Waals surface area contributed by atoms with E-state index in [-0.39, 0.29) is 17.8 Å². The van der Waals surface area contributed by atoms with Gasteiger partial charge in [0, 0.05) is 0 Å². The SMILES string of the molecule is C=Cc1ccc(OP(Oc2ccc(C=C)cc2C(C)C)Oc2ccc(C=C)cc2C(C)C)c(C(C)C)c1. The molecule has 0 fully saturated rings. The Kier molecular flexibility index (Phi) is 9.78. The van der Waals surface area contributed by atoms with Crippen LogP contribution in [0.3, 0.4) is 0 Å². The molecule has 0 aromatic heterocycles. The Morgan fingerprint density at radius 3 is 1.00 bits per heavy atom. The first-order valence-corrected chi connectivity index (χ1v) is 13.9. The molecule has 0 saturated carbocycles. The molecule has 0 aliphatic rings. The lowest BCUT2D eigenvalue weighted by Gasteiger charge is -2.24. The molecule has 0 heterocycles. The first-order valence-electron chi connectivity index (χ1n) is 12.8. The van der Waals surface area contributed by atoms with Gasteiger partial charge in [-0.1, -0.05) is 97.7 Å². The molecule has 0 atom stereocenters. The lowest BCUT2D eigenvalue weighted by molar-refractivity contribution is 0.381. The van der Waals surface area contributed by atoms with Gasteiger partial charge in [-0.25, -0.2) is 0 Å². The van der Waals surface area contributed by atoms with Gasteiger partial charge < -0.3 is 13.6 Å². The fraction of sp³-hybridized carbons (Fsp3) is 0.273. The summed E-state index contributed by atoms with van der Waals surface area (Å²) in [6, 6.07) is 18.2. The van der Waals surface area contributed by atoms with Gasteiger partial charge in [0.05, 0.1) is 0 Å². The molecule has 0 unspecified atom stereocenters. The number of rotatable bonds is 12. The Morgan fingerprint density at radius 1 is 0.514 bits per heavy atom. The van der Waals surface area contributed by atoms with Gasteiger partial charge in [-0.05, 0) is 87.5 Å². The van der Waals surface area contributed by atoms with Crippen molar-refractivity contribution in [2.24, 2.45) is 0 Å². The minimum atomic E-state index is -1.83. The summed E-state index contributed by atoms with van der Waals surface area (Å²) < 4.78 is 19.6. The van der Waals surface area contributed by atoms with Crippen molar-refractivity contribution in [3.05, 3.63) is 108 Å². The zero-order valence-electron chi connectivity index (χ0n) is 23.0. The minimum absolute atomic E-state index is 0.253. The van der Waals surface area contributed by atoms with Gasteiger partial charge in [0.25, 0.3) is 0 Å². The summed E-state index contributed by atoms with van der Waals surface area (Å²) in [7, 11) is -1.83. The molecule has 3 rings (SSSR count). The zero-order chi connectivity index (χ0) is 27.1. The molecule has 0 aliphatic carbocycles. The average Bonchev–Trinajstić information content (AvgIpc) is 2.88. The Morgan fingerprint density at radius 2 is 0.784 bits per heavy atom. The van der Waals surface area contributed by atoms with Crippen molar-refractivity contribution in [2.45, 2.75) is 59.3 Å². The molecule has 0 saturated heterocycles. The Bertz CT molecular complexity index is 1100. The third-order valence-electron chi connectivity index (χ3n) is 6.19. The second kappa shape index (κ2) is 12.8. The van der Waals surface area contributed by atoms with E-state index in [9.17, 15) is 0 Å². The minimum Gasteiger partial charge on any atom is -0.408 e. The molecule has 0 N–H and O–H groups in total. The van der Waals surface area contributed by atoms with Crippen molar-refractivity contribution in [3.63, 3.8) is 0 Å². The number of hydrogen-bond donors (Lipinski definition) is 0. The summed E-state index contributed by atoms with van der Waals surface area (Å²) in [5.74, 6) is 2.99. The van der Waals surface area contributed by atoms with E-state index in [0.29, 0.717) is 0 Å². The van der Waals surface area contributed by atoms with E-state index in [0.717, 1.165) is 50.6 Å². The summed E-state index contributed by atoms with van der Waals surface area (Å²) in [5.41, 5.74) is 6.38. The van der Waals surface area contributed by atoms with Crippen LogP contribution in [0.15, 0.2) is 74.3 Å². The van der Waals surface area contributed by atoms with E-state index in [1.165, 1.54) is 0 Å². The molecule has 37 heavy (non-hydrogen) atoms. The molecule has 194 valence electrons. The second-order valence-electron chi connectivity index (χ2n) is 9.97. The van der Waals surface area contributed by atoms with Crippen LogP contribution in [0, 0.1) is 0 Å². The van der Waals surface area contributed by atoms with Crippen molar-refractivity contribution < 1.29 is 13.6 Å². The molecule has 3 aromatic rings. The highest BCUT2D eigenvalue weighted by atomic mass is 31.2. The monoisotopic (exact) mass is 514 g/mol. The van der Waals surface area contributed by atoms with Crippen LogP contribution in [-0.4, -0.2) is 0 Å². The Labute approximate surface area is 224 Å². The largest absolute Gasteiger partial charge is 0.530 e. The molecule has 3 aromatic carbocycles. The smallest absolute Gasteiger partial charge is 0.408 e. The molecule has 0 amide bonds. The molecule has 0 bridgehead atoms. The lowest BCUT2D eigenvalue weighted by Crippen LogP contribution is -2.07. The maximum Gasteiger partial charge on any atom is 0.530 e. The van der Waals surface area contributed by atoms with E-state index in [2.05, 4.69) is 79.5 Å². The summed E-state index contributed by atoms with van der Waals surface area (Å²) in [4.78, 5) is 0. The van der Waals surface area contributed by atoms with E-state index in [1.54, 1.807) is 0 Å². The topological polar surface area (TPSA) is 27.7 Å². The van der Waals surface area contributed by atoms with Crippen LogP contribution >= 0.6 is 8.60 Å². The maximum absolute atomic E-state index is 6.54. The summed E-state index contributed by atoms with van der Waals surface area (Å²) >= 11 is 0. The fourth-order valence-corrected chi connectivity index (χ4v) is 5.07. The Balaban J connectivity index is 2.07. The summed E-state index contributed by atoms with van der Waals surface area (Å²) in [6.07, 6.45) is 5.53. The van der Waals surface area contributed by atoms with E-state index in [1.807, 2.05) is 54.6 Å². The van der Waals surface area contributed by atoms with Crippen LogP contribution in [0.25, 0.3) is 18.2 Å². The molecule has 0 aliphatic heterocycles. The van der Waals surface area contributed by atoms with Gasteiger partial charge in [0.15, 0.2) is 0 Å². The quantitative estimate of drug-likeness (QED) is 0.225. The van der Waals surface area contributed by atoms with Crippen LogP contribution in [0.5, 0.6) is 17.2 Å². The average molecular weight is 515 g/mol. The van der Waals surface area contributed by atoms with Crippen LogP contribution in [0.2, 0.25) is 0 Å². The summed E-state index contributed by atoms with van der Waals surface area (Å²) in [6.45, 7) is 24.6. The molecular formula is C33H39O3P. The van der Waals surface area contributed by atoms with Crippen molar-refractivity contribution in [3.8, 4) is 17.2 Å². The third kappa shape index (κ3) is 7.14. The number of benzene rings is 3. The predicted molar refractivity (Wildman–Crippen MR) is 161 cm³/mol. The highest BCUT2D eigenvalue weighted by Crippen LogP contribution is 2.47. The maximum atomic E-state index is 6.54. The molecule has 4 heteroatoms. The lowest BCUT2D eigenvalue weighted by atomic mass is 10.00. The van der Waals surface area contributed by atoms with Crippen LogP contribution < -0.4 is 13.6 Å². The summed E-state index contributed by atoms with van der Waals surface area (Å²) in [5, 5.41) is 0. The van der Waals surface area contributed by atoms with Crippen LogP contribution in [0.4, 0.5) is 0 Å². The van der Waals surface area contributed by atoms with E-state index >= 15 is 0 Å².